The first-order valence-electron chi connectivity index (χ1n) is 9.06. The lowest BCUT2D eigenvalue weighted by Crippen LogP contribution is -2.34. The van der Waals surface area contributed by atoms with Gasteiger partial charge in [0.25, 0.3) is 5.91 Å². The second-order valence-electron chi connectivity index (χ2n) is 6.25. The van der Waals surface area contributed by atoms with Crippen LogP contribution in [0.1, 0.15) is 9.67 Å². The van der Waals surface area contributed by atoms with Gasteiger partial charge in [-0.1, -0.05) is 11.6 Å². The number of carbonyl (C=O) groups is 2. The van der Waals surface area contributed by atoms with E-state index in [1.807, 2.05) is 24.3 Å². The molecule has 29 heavy (non-hydrogen) atoms. The zero-order valence-corrected chi connectivity index (χ0v) is 17.4. The van der Waals surface area contributed by atoms with E-state index >= 15 is 0 Å². The molecule has 2 aromatic rings. The molecule has 0 radical (unpaired) electrons. The average molecular weight is 436 g/mol. The third kappa shape index (κ3) is 5.85. The van der Waals surface area contributed by atoms with Gasteiger partial charge in [0.05, 0.1) is 28.6 Å². The van der Waals surface area contributed by atoms with Crippen molar-refractivity contribution in [2.75, 3.05) is 43.4 Å². The van der Waals surface area contributed by atoms with E-state index in [-0.39, 0.29) is 12.5 Å². The lowest BCUT2D eigenvalue weighted by Gasteiger charge is -2.14. The summed E-state index contributed by atoms with van der Waals surface area (Å²) in [4.78, 5) is 30.2. The number of amides is 2. The van der Waals surface area contributed by atoms with Crippen molar-refractivity contribution in [3.05, 3.63) is 45.6 Å². The quantitative estimate of drug-likeness (QED) is 0.320. The number of cyclic esters (lactones) is 1. The van der Waals surface area contributed by atoms with Crippen LogP contribution in [0.5, 0.6) is 0 Å². The molecule has 1 aromatic heterocycles. The number of hydrogen-bond donors (Lipinski definition) is 3. The topological polar surface area (TPSA) is 95.1 Å². The predicted octanol–water partition coefficient (Wildman–Crippen LogP) is 2.82. The van der Waals surface area contributed by atoms with Crippen LogP contribution in [0, 0.1) is 0 Å². The minimum absolute atomic E-state index is 0.230. The summed E-state index contributed by atoms with van der Waals surface area (Å²) in [6.45, 7) is 2.11. The van der Waals surface area contributed by atoms with E-state index in [4.69, 9.17) is 16.3 Å². The van der Waals surface area contributed by atoms with E-state index in [9.17, 15) is 9.59 Å². The Hall–Kier alpha value is -2.78. The highest BCUT2D eigenvalue weighted by molar-refractivity contribution is 7.17. The summed E-state index contributed by atoms with van der Waals surface area (Å²) in [6, 6.07) is 10.9. The first kappa shape index (κ1) is 20.9. The molecule has 2 amide bonds. The molecule has 1 fully saturated rings. The summed E-state index contributed by atoms with van der Waals surface area (Å²) >= 11 is 7.05. The number of halogens is 1. The van der Waals surface area contributed by atoms with Gasteiger partial charge in [0.2, 0.25) is 0 Å². The van der Waals surface area contributed by atoms with Crippen molar-refractivity contribution in [1.29, 1.82) is 0 Å². The maximum absolute atomic E-state index is 12.2. The minimum atomic E-state index is -0.424. The Morgan fingerprint density at radius 2 is 2.10 bits per heavy atom. The van der Waals surface area contributed by atoms with Gasteiger partial charge in [-0.3, -0.25) is 14.7 Å². The molecule has 1 aliphatic rings. The zero-order chi connectivity index (χ0) is 20.6. The van der Waals surface area contributed by atoms with Gasteiger partial charge in [-0.15, -0.1) is 11.3 Å². The van der Waals surface area contributed by atoms with Crippen molar-refractivity contribution in [1.82, 2.24) is 10.6 Å². The molecule has 1 saturated heterocycles. The van der Waals surface area contributed by atoms with Crippen molar-refractivity contribution in [2.24, 2.45) is 4.99 Å². The van der Waals surface area contributed by atoms with Crippen LogP contribution in [0.25, 0.3) is 0 Å². The standard InChI is InChI=1S/C19H22ClN5O3S/c1-21-12-22-8-9-23-13-2-4-14(5-3-13)25-11-15(28-19(25)27)10-24-18(26)16-6-7-17(20)29-16/h2-7,12,15,23H,8-11H2,1H3,(H,21,22)(H,24,26). The average Bonchev–Trinajstić information content (AvgIpc) is 3.32. The predicted molar refractivity (Wildman–Crippen MR) is 117 cm³/mol. The number of nitrogens with one attached hydrogen (secondary N) is 3. The molecule has 0 saturated carbocycles. The molecule has 0 aliphatic carbocycles. The Morgan fingerprint density at radius 1 is 1.31 bits per heavy atom. The number of rotatable bonds is 9. The molecule has 1 aliphatic heterocycles. The molecule has 1 unspecified atom stereocenters. The van der Waals surface area contributed by atoms with Crippen molar-refractivity contribution < 1.29 is 14.3 Å². The summed E-state index contributed by atoms with van der Waals surface area (Å²) < 4.78 is 5.92. The first-order chi connectivity index (χ1) is 14.1. The van der Waals surface area contributed by atoms with Crippen LogP contribution in [0.2, 0.25) is 4.34 Å². The van der Waals surface area contributed by atoms with Gasteiger partial charge in [0, 0.05) is 31.5 Å². The molecular formula is C19H22ClN5O3S. The number of nitrogens with zero attached hydrogens (tertiary/aromatic N) is 2. The monoisotopic (exact) mass is 435 g/mol. The minimum Gasteiger partial charge on any atom is -0.442 e. The maximum Gasteiger partial charge on any atom is 0.414 e. The molecule has 0 spiro atoms. The Morgan fingerprint density at radius 3 is 2.79 bits per heavy atom. The summed E-state index contributed by atoms with van der Waals surface area (Å²) in [6.07, 6.45) is 0.816. The van der Waals surface area contributed by atoms with Crippen LogP contribution in [0.15, 0.2) is 41.4 Å². The molecule has 0 bridgehead atoms. The normalized spacial score (nSPS) is 16.1. The number of aliphatic imine (C=N–C) groups is 1. The fourth-order valence-electron chi connectivity index (χ4n) is 2.76. The van der Waals surface area contributed by atoms with Gasteiger partial charge < -0.3 is 20.7 Å². The van der Waals surface area contributed by atoms with Crippen molar-refractivity contribution in [3.8, 4) is 0 Å². The van der Waals surface area contributed by atoms with Gasteiger partial charge in [0.1, 0.15) is 6.10 Å². The van der Waals surface area contributed by atoms with Gasteiger partial charge >= 0.3 is 6.09 Å². The molecule has 1 aromatic carbocycles. The van der Waals surface area contributed by atoms with E-state index in [1.54, 1.807) is 30.4 Å². The number of carbonyl (C=O) groups excluding carboxylic acids is 2. The highest BCUT2D eigenvalue weighted by Gasteiger charge is 2.32. The molecule has 2 heterocycles. The van der Waals surface area contributed by atoms with Gasteiger partial charge in [-0.05, 0) is 36.4 Å². The van der Waals surface area contributed by atoms with Gasteiger partial charge in [0.15, 0.2) is 0 Å². The second-order valence-corrected chi connectivity index (χ2v) is 7.96. The van der Waals surface area contributed by atoms with E-state index in [2.05, 4.69) is 20.9 Å². The van der Waals surface area contributed by atoms with Crippen LogP contribution >= 0.6 is 22.9 Å². The maximum atomic E-state index is 12.2. The molecule has 1 atom stereocenters. The highest BCUT2D eigenvalue weighted by Crippen LogP contribution is 2.24. The van der Waals surface area contributed by atoms with Crippen molar-refractivity contribution >= 4 is 52.7 Å². The van der Waals surface area contributed by atoms with E-state index in [1.165, 1.54) is 11.3 Å². The summed E-state index contributed by atoms with van der Waals surface area (Å²) in [5, 5.41) is 9.10. The lowest BCUT2D eigenvalue weighted by molar-refractivity contribution is 0.0920. The van der Waals surface area contributed by atoms with Gasteiger partial charge in [-0.25, -0.2) is 4.79 Å². The second kappa shape index (κ2) is 10.1. The zero-order valence-electron chi connectivity index (χ0n) is 15.9. The van der Waals surface area contributed by atoms with E-state index in [0.717, 1.165) is 24.5 Å². The lowest BCUT2D eigenvalue weighted by atomic mass is 10.2. The van der Waals surface area contributed by atoms with E-state index in [0.29, 0.717) is 15.8 Å². The number of anilines is 2. The van der Waals surface area contributed by atoms with Crippen LogP contribution in [-0.2, 0) is 4.74 Å². The molecule has 3 rings (SSSR count). The van der Waals surface area contributed by atoms with Crippen LogP contribution < -0.4 is 20.9 Å². The number of ether oxygens (including phenoxy) is 1. The molecule has 8 nitrogen and oxygen atoms in total. The van der Waals surface area contributed by atoms with Crippen LogP contribution in [0.3, 0.4) is 0 Å². The van der Waals surface area contributed by atoms with E-state index < -0.39 is 12.2 Å². The fourth-order valence-corrected chi connectivity index (χ4v) is 3.72. The largest absolute Gasteiger partial charge is 0.442 e. The number of hydrogen-bond acceptors (Lipinski definition) is 6. The molecule has 154 valence electrons. The SMILES string of the molecule is CN=CNCCNc1ccc(N2CC(CNC(=O)c3ccc(Cl)s3)OC2=O)cc1. The Bertz CT molecular complexity index is 871. The van der Waals surface area contributed by atoms with Crippen molar-refractivity contribution in [2.45, 2.75) is 6.10 Å². The molecule has 3 N–H and O–H groups in total. The third-order valence-corrected chi connectivity index (χ3v) is 5.39. The number of thiophene rings is 1. The Kier molecular flexibility index (Phi) is 7.31. The first-order valence-corrected chi connectivity index (χ1v) is 10.3. The summed E-state index contributed by atoms with van der Waals surface area (Å²) in [5.41, 5.74) is 1.70. The molecule has 10 heteroatoms. The van der Waals surface area contributed by atoms with Crippen molar-refractivity contribution in [3.63, 3.8) is 0 Å². The highest BCUT2D eigenvalue weighted by atomic mass is 35.5. The summed E-state index contributed by atoms with van der Waals surface area (Å²) in [5.74, 6) is -0.230. The Labute approximate surface area is 177 Å². The van der Waals surface area contributed by atoms with Gasteiger partial charge in [-0.2, -0.15) is 0 Å². The fraction of sp³-hybridized carbons (Fsp3) is 0.316. The smallest absolute Gasteiger partial charge is 0.414 e. The summed E-state index contributed by atoms with van der Waals surface area (Å²) in [7, 11) is 1.71. The van der Waals surface area contributed by atoms with Crippen LogP contribution in [-0.4, -0.2) is 57.7 Å². The third-order valence-electron chi connectivity index (χ3n) is 4.16. The Balaban J connectivity index is 1.47. The number of benzene rings is 1. The molecular weight excluding hydrogens is 414 g/mol. The van der Waals surface area contributed by atoms with Crippen LogP contribution in [0.4, 0.5) is 16.2 Å².